The van der Waals surface area contributed by atoms with Gasteiger partial charge in [-0.3, -0.25) is 5.10 Å². The van der Waals surface area contributed by atoms with E-state index in [2.05, 4.69) is 20.5 Å². The van der Waals surface area contributed by atoms with Crippen LogP contribution in [0.15, 0.2) is 47.5 Å². The van der Waals surface area contributed by atoms with Crippen LogP contribution < -0.4 is 10.1 Å². The third kappa shape index (κ3) is 3.06. The minimum Gasteiger partial charge on any atom is -0.497 e. The molecule has 0 radical (unpaired) electrons. The quantitative estimate of drug-likeness (QED) is 0.558. The van der Waals surface area contributed by atoms with Crippen molar-refractivity contribution < 1.29 is 17.5 Å². The maximum Gasteiger partial charge on any atom is 0.178 e. The summed E-state index contributed by atoms with van der Waals surface area (Å²) < 4.78 is 42.6. The number of sulfone groups is 1. The Balaban J connectivity index is 1.86. The zero-order valence-corrected chi connectivity index (χ0v) is 15.3. The molecule has 2 heterocycles. The molecule has 0 atom stereocenters. The summed E-state index contributed by atoms with van der Waals surface area (Å²) in [6, 6.07) is 9.28. The zero-order chi connectivity index (χ0) is 19.2. The van der Waals surface area contributed by atoms with Crippen LogP contribution in [-0.4, -0.2) is 37.0 Å². The Labute approximate surface area is 154 Å². The number of hydrogen-bond acceptors (Lipinski definition) is 6. The molecule has 27 heavy (non-hydrogen) atoms. The highest BCUT2D eigenvalue weighted by molar-refractivity contribution is 7.90. The van der Waals surface area contributed by atoms with Crippen LogP contribution in [-0.2, 0) is 9.84 Å². The van der Waals surface area contributed by atoms with Gasteiger partial charge in [-0.2, -0.15) is 5.10 Å². The van der Waals surface area contributed by atoms with E-state index in [1.54, 1.807) is 19.4 Å². The summed E-state index contributed by atoms with van der Waals surface area (Å²) in [5.74, 6) is 0.350. The number of hydrogen-bond donors (Lipinski definition) is 2. The predicted octanol–water partition coefficient (Wildman–Crippen LogP) is 3.41. The van der Waals surface area contributed by atoms with E-state index in [0.29, 0.717) is 28.3 Å². The molecular formula is C18H15FN4O3S. The largest absolute Gasteiger partial charge is 0.497 e. The molecule has 138 valence electrons. The molecular weight excluding hydrogens is 371 g/mol. The first kappa shape index (κ1) is 17.2. The average Bonchev–Trinajstić information content (AvgIpc) is 3.12. The highest BCUT2D eigenvalue weighted by atomic mass is 32.2. The molecule has 0 aliphatic heterocycles. The van der Waals surface area contributed by atoms with Crippen LogP contribution in [0.3, 0.4) is 0 Å². The number of fused-ring (bicyclic) bond motifs is 3. The summed E-state index contributed by atoms with van der Waals surface area (Å²) in [4.78, 5) is 4.20. The summed E-state index contributed by atoms with van der Waals surface area (Å²) in [7, 11) is -2.10. The number of benzene rings is 2. The van der Waals surface area contributed by atoms with Crippen LogP contribution in [0.5, 0.6) is 5.75 Å². The van der Waals surface area contributed by atoms with Crippen LogP contribution in [0, 0.1) is 5.82 Å². The van der Waals surface area contributed by atoms with Gasteiger partial charge in [0.05, 0.1) is 18.8 Å². The maximum absolute atomic E-state index is 13.8. The molecule has 0 amide bonds. The lowest BCUT2D eigenvalue weighted by Gasteiger charge is -2.11. The number of halogens is 1. The van der Waals surface area contributed by atoms with Crippen molar-refractivity contribution in [3.63, 3.8) is 0 Å². The number of aromatic nitrogens is 3. The molecule has 0 bridgehead atoms. The molecule has 0 unspecified atom stereocenters. The van der Waals surface area contributed by atoms with Gasteiger partial charge in [-0.05, 0) is 36.4 Å². The minimum absolute atomic E-state index is 0.376. The lowest BCUT2D eigenvalue weighted by molar-refractivity contribution is 0.415. The first-order valence-corrected chi connectivity index (χ1v) is 9.83. The Bertz CT molecular complexity index is 1280. The SMILES string of the molecule is COc1ccc2nc(Nc3ccc(F)c(S(C)(=O)=O)c3)c3[nH]ncc3c2c1. The van der Waals surface area contributed by atoms with Crippen LogP contribution in [0.25, 0.3) is 21.8 Å². The first-order valence-electron chi connectivity index (χ1n) is 7.94. The monoisotopic (exact) mass is 386 g/mol. The minimum atomic E-state index is -3.69. The van der Waals surface area contributed by atoms with Crippen molar-refractivity contribution in [3.05, 3.63) is 48.4 Å². The summed E-state index contributed by atoms with van der Waals surface area (Å²) >= 11 is 0. The Hall–Kier alpha value is -3.20. The Morgan fingerprint density at radius 1 is 1.15 bits per heavy atom. The highest BCUT2D eigenvalue weighted by Crippen LogP contribution is 2.32. The third-order valence-electron chi connectivity index (χ3n) is 4.20. The summed E-state index contributed by atoms with van der Waals surface area (Å²) in [6.07, 6.45) is 2.64. The lowest BCUT2D eigenvalue weighted by Crippen LogP contribution is -2.03. The van der Waals surface area contributed by atoms with Gasteiger partial charge < -0.3 is 10.1 Å². The second-order valence-corrected chi connectivity index (χ2v) is 8.03. The van der Waals surface area contributed by atoms with Crippen LogP contribution in [0.2, 0.25) is 0 Å². The number of ether oxygens (including phenoxy) is 1. The van der Waals surface area contributed by atoms with Gasteiger partial charge in [0, 0.05) is 22.7 Å². The number of nitrogens with zero attached hydrogens (tertiary/aromatic N) is 2. The van der Waals surface area contributed by atoms with E-state index in [1.165, 1.54) is 12.1 Å². The van der Waals surface area contributed by atoms with E-state index in [9.17, 15) is 12.8 Å². The Kier molecular flexibility index (Phi) is 3.96. The molecule has 2 N–H and O–H groups in total. The maximum atomic E-state index is 13.8. The fourth-order valence-corrected chi connectivity index (χ4v) is 3.66. The Morgan fingerprint density at radius 2 is 1.96 bits per heavy atom. The van der Waals surface area contributed by atoms with Crippen LogP contribution >= 0.6 is 0 Å². The molecule has 0 aliphatic rings. The smallest absolute Gasteiger partial charge is 0.178 e. The van der Waals surface area contributed by atoms with Gasteiger partial charge >= 0.3 is 0 Å². The van der Waals surface area contributed by atoms with Crippen molar-refractivity contribution in [2.75, 3.05) is 18.7 Å². The molecule has 7 nitrogen and oxygen atoms in total. The van der Waals surface area contributed by atoms with Gasteiger partial charge in [0.25, 0.3) is 0 Å². The van der Waals surface area contributed by atoms with Crippen molar-refractivity contribution >= 4 is 43.1 Å². The van der Waals surface area contributed by atoms with E-state index in [1.807, 2.05) is 12.1 Å². The summed E-state index contributed by atoms with van der Waals surface area (Å²) in [5.41, 5.74) is 1.74. The summed E-state index contributed by atoms with van der Waals surface area (Å²) in [5, 5.41) is 11.7. The normalized spacial score (nSPS) is 11.8. The van der Waals surface area contributed by atoms with Crippen LogP contribution in [0.1, 0.15) is 0 Å². The van der Waals surface area contributed by atoms with Crippen molar-refractivity contribution in [1.29, 1.82) is 0 Å². The summed E-state index contributed by atoms with van der Waals surface area (Å²) in [6.45, 7) is 0. The molecule has 2 aromatic heterocycles. The molecule has 4 aromatic rings. The van der Waals surface area contributed by atoms with Gasteiger partial charge in [0.1, 0.15) is 22.0 Å². The molecule has 0 spiro atoms. The van der Waals surface area contributed by atoms with E-state index >= 15 is 0 Å². The van der Waals surface area contributed by atoms with Crippen molar-refractivity contribution in [2.45, 2.75) is 4.90 Å². The Morgan fingerprint density at radius 3 is 2.70 bits per heavy atom. The topological polar surface area (TPSA) is 97.0 Å². The fraction of sp³-hybridized carbons (Fsp3) is 0.111. The number of pyridine rings is 1. The fourth-order valence-electron chi connectivity index (χ4n) is 2.90. The number of H-pyrrole nitrogens is 1. The molecule has 0 saturated carbocycles. The van der Waals surface area contributed by atoms with E-state index in [4.69, 9.17) is 4.74 Å². The van der Waals surface area contributed by atoms with Crippen LogP contribution in [0.4, 0.5) is 15.9 Å². The molecule has 0 aliphatic carbocycles. The molecule has 2 aromatic carbocycles. The number of anilines is 2. The molecule has 0 saturated heterocycles. The highest BCUT2D eigenvalue weighted by Gasteiger charge is 2.16. The van der Waals surface area contributed by atoms with E-state index in [0.717, 1.165) is 23.1 Å². The standard InChI is InChI=1S/C18H15FN4O3S/c1-26-11-4-6-15-12(8-11)13-9-20-23-17(13)18(22-15)21-10-3-5-14(19)16(7-10)27(2,24)25/h3-9H,1-2H3,(H,20,23)(H,21,22). The molecule has 9 heteroatoms. The number of aromatic amines is 1. The zero-order valence-electron chi connectivity index (χ0n) is 14.4. The van der Waals surface area contributed by atoms with Gasteiger partial charge in [-0.15, -0.1) is 0 Å². The van der Waals surface area contributed by atoms with Gasteiger partial charge in [0.2, 0.25) is 0 Å². The number of nitrogens with one attached hydrogen (secondary N) is 2. The average molecular weight is 386 g/mol. The van der Waals surface area contributed by atoms with E-state index in [-0.39, 0.29) is 4.90 Å². The van der Waals surface area contributed by atoms with Crippen molar-refractivity contribution in [1.82, 2.24) is 15.2 Å². The van der Waals surface area contributed by atoms with E-state index < -0.39 is 15.7 Å². The predicted molar refractivity (Wildman–Crippen MR) is 101 cm³/mol. The second kappa shape index (κ2) is 6.20. The number of rotatable bonds is 4. The third-order valence-corrected chi connectivity index (χ3v) is 5.31. The number of methoxy groups -OCH3 is 1. The van der Waals surface area contributed by atoms with Gasteiger partial charge in [0.15, 0.2) is 15.7 Å². The lowest BCUT2D eigenvalue weighted by atomic mass is 10.1. The first-order chi connectivity index (χ1) is 12.9. The van der Waals surface area contributed by atoms with Gasteiger partial charge in [-0.25, -0.2) is 17.8 Å². The van der Waals surface area contributed by atoms with Crippen molar-refractivity contribution in [2.24, 2.45) is 0 Å². The van der Waals surface area contributed by atoms with Crippen molar-refractivity contribution in [3.8, 4) is 5.75 Å². The van der Waals surface area contributed by atoms with Gasteiger partial charge in [-0.1, -0.05) is 0 Å². The second-order valence-electron chi connectivity index (χ2n) is 6.04. The molecule has 4 rings (SSSR count). The molecule has 0 fully saturated rings.